The van der Waals surface area contributed by atoms with E-state index >= 15 is 0 Å². The lowest BCUT2D eigenvalue weighted by Gasteiger charge is -2.58. The van der Waals surface area contributed by atoms with Gasteiger partial charge in [0, 0.05) is 0 Å². The van der Waals surface area contributed by atoms with Gasteiger partial charge in [0.05, 0.1) is 17.9 Å². The van der Waals surface area contributed by atoms with E-state index in [9.17, 15) is 0 Å². The zero-order valence-corrected chi connectivity index (χ0v) is 24.1. The molecule has 3 saturated carbocycles. The molecule has 4 aliphatic rings. The molecular weight excluding hydrogens is 430 g/mol. The number of rotatable bonds is 5. The largest absolute Gasteiger partial charge is 0.412 e. The first-order valence-electron chi connectivity index (χ1n) is 12.9. The molecule has 0 aromatic rings. The Labute approximate surface area is 198 Å². The summed E-state index contributed by atoms with van der Waals surface area (Å²) < 4.78 is 13.8. The topological polar surface area (TPSA) is 40.0 Å². The second kappa shape index (κ2) is 8.35. The first-order chi connectivity index (χ1) is 14.8. The normalized spacial score (nSPS) is 43.3. The van der Waals surface area contributed by atoms with Gasteiger partial charge in [-0.25, -0.2) is 0 Å². The molecule has 0 saturated heterocycles. The Morgan fingerprint density at radius 3 is 2.22 bits per heavy atom. The number of hydrogen-bond acceptors (Lipinski definition) is 4. The number of nitrogens with zero attached hydrogens (tertiary/aromatic N) is 1. The minimum atomic E-state index is -1.66. The lowest BCUT2D eigenvalue weighted by molar-refractivity contribution is -0.0750. The highest BCUT2D eigenvalue weighted by Gasteiger charge is 2.62. The molecule has 4 nitrogen and oxygen atoms in total. The summed E-state index contributed by atoms with van der Waals surface area (Å²) in [5, 5.41) is 4.28. The van der Waals surface area contributed by atoms with Gasteiger partial charge in [0.2, 0.25) is 0 Å². The van der Waals surface area contributed by atoms with Gasteiger partial charge in [-0.15, -0.1) is 0 Å². The van der Waals surface area contributed by atoms with Crippen molar-refractivity contribution in [1.82, 2.24) is 0 Å². The van der Waals surface area contributed by atoms with Crippen LogP contribution in [0.3, 0.4) is 0 Å². The molecule has 6 heteroatoms. The van der Waals surface area contributed by atoms with E-state index in [1.165, 1.54) is 38.5 Å². The number of hydrogen-bond donors (Lipinski definition) is 0. The molecule has 0 bridgehead atoms. The van der Waals surface area contributed by atoms with Gasteiger partial charge < -0.3 is 13.7 Å². The fourth-order valence-corrected chi connectivity index (χ4v) is 10.2. The molecule has 0 heterocycles. The molecule has 7 atom stereocenters. The van der Waals surface area contributed by atoms with E-state index in [0.717, 1.165) is 29.9 Å². The van der Waals surface area contributed by atoms with Crippen LogP contribution in [0.4, 0.5) is 0 Å². The molecule has 0 radical (unpaired) electrons. The van der Waals surface area contributed by atoms with E-state index in [1.54, 1.807) is 12.7 Å². The zero-order valence-electron chi connectivity index (χ0n) is 22.1. The van der Waals surface area contributed by atoms with Crippen LogP contribution in [0, 0.1) is 28.6 Å². The summed E-state index contributed by atoms with van der Waals surface area (Å²) in [6.45, 7) is 19.2. The van der Waals surface area contributed by atoms with Crippen molar-refractivity contribution in [3.05, 3.63) is 11.6 Å². The van der Waals surface area contributed by atoms with Gasteiger partial charge in [-0.2, -0.15) is 0 Å². The van der Waals surface area contributed by atoms with Crippen LogP contribution in [0.25, 0.3) is 0 Å². The minimum absolute atomic E-state index is 0.251. The van der Waals surface area contributed by atoms with Crippen molar-refractivity contribution in [3.8, 4) is 0 Å². The highest BCUT2D eigenvalue weighted by Crippen LogP contribution is 2.66. The van der Waals surface area contributed by atoms with Crippen molar-refractivity contribution in [2.24, 2.45) is 33.7 Å². The molecule has 182 valence electrons. The summed E-state index contributed by atoms with van der Waals surface area (Å²) in [6.07, 6.45) is 11.5. The summed E-state index contributed by atoms with van der Waals surface area (Å²) >= 11 is 0. The van der Waals surface area contributed by atoms with Crippen LogP contribution in [-0.2, 0) is 13.7 Å². The van der Waals surface area contributed by atoms with Crippen molar-refractivity contribution >= 4 is 22.3 Å². The van der Waals surface area contributed by atoms with Crippen LogP contribution < -0.4 is 0 Å². The van der Waals surface area contributed by atoms with E-state index in [4.69, 9.17) is 13.7 Å². The van der Waals surface area contributed by atoms with Crippen LogP contribution in [0.5, 0.6) is 0 Å². The second-order valence-corrected chi connectivity index (χ2v) is 22.4. The Morgan fingerprint density at radius 1 is 0.906 bits per heavy atom. The van der Waals surface area contributed by atoms with Gasteiger partial charge in [0.25, 0.3) is 0 Å². The van der Waals surface area contributed by atoms with Crippen molar-refractivity contribution in [2.45, 2.75) is 110 Å². The Hall–Kier alpha value is -0.436. The minimum Gasteiger partial charge on any atom is -0.412 e. The van der Waals surface area contributed by atoms with Crippen LogP contribution in [-0.4, -0.2) is 41.7 Å². The molecule has 0 amide bonds. The molecule has 32 heavy (non-hydrogen) atoms. The Bertz CT molecular complexity index is 783. The monoisotopic (exact) mass is 477 g/mol. The van der Waals surface area contributed by atoms with Gasteiger partial charge in [-0.05, 0) is 119 Å². The van der Waals surface area contributed by atoms with E-state index in [1.807, 2.05) is 0 Å². The molecule has 7 unspecified atom stereocenters. The van der Waals surface area contributed by atoms with Gasteiger partial charge in [-0.3, -0.25) is 0 Å². The smallest absolute Gasteiger partial charge is 0.184 e. The SMILES string of the molecule is CO/N=C1/C=C2CCC3C(CCC4(C)C3CC(O[Si](C)(C)C)C4O[Si](C)(C)C)C2(C)CC1. The van der Waals surface area contributed by atoms with Crippen molar-refractivity contribution in [2.75, 3.05) is 7.11 Å². The van der Waals surface area contributed by atoms with Crippen LogP contribution in [0.2, 0.25) is 39.3 Å². The summed E-state index contributed by atoms with van der Waals surface area (Å²) in [5.74, 6) is 2.29. The van der Waals surface area contributed by atoms with Crippen molar-refractivity contribution in [3.63, 3.8) is 0 Å². The van der Waals surface area contributed by atoms with Crippen molar-refractivity contribution in [1.29, 1.82) is 0 Å². The molecule has 3 fully saturated rings. The molecule has 4 aliphatic carbocycles. The molecular formula is C26H47NO3Si2. The summed E-state index contributed by atoms with van der Waals surface area (Å²) in [7, 11) is -1.64. The van der Waals surface area contributed by atoms with Gasteiger partial charge in [0.15, 0.2) is 16.6 Å². The van der Waals surface area contributed by atoms with E-state index in [2.05, 4.69) is 64.4 Å². The third kappa shape index (κ3) is 4.46. The molecule has 0 aromatic carbocycles. The van der Waals surface area contributed by atoms with Gasteiger partial charge in [-0.1, -0.05) is 24.6 Å². The maximum absolute atomic E-state index is 6.98. The number of oxime groups is 1. The molecule has 0 spiro atoms. The number of allylic oxidation sites excluding steroid dienone is 2. The van der Waals surface area contributed by atoms with Gasteiger partial charge >= 0.3 is 0 Å². The zero-order chi connectivity index (χ0) is 23.5. The molecule has 0 N–H and O–H groups in total. The van der Waals surface area contributed by atoms with E-state index < -0.39 is 16.6 Å². The van der Waals surface area contributed by atoms with Crippen LogP contribution in [0.15, 0.2) is 16.8 Å². The lowest BCUT2D eigenvalue weighted by atomic mass is 9.47. The fraction of sp³-hybridized carbons (Fsp3) is 0.885. The molecule has 0 aromatic heterocycles. The summed E-state index contributed by atoms with van der Waals surface area (Å²) in [5.41, 5.74) is 3.34. The highest BCUT2D eigenvalue weighted by atomic mass is 28.4. The van der Waals surface area contributed by atoms with Crippen LogP contribution >= 0.6 is 0 Å². The lowest BCUT2D eigenvalue weighted by Crippen LogP contribution is -2.53. The maximum Gasteiger partial charge on any atom is 0.184 e. The Kier molecular flexibility index (Phi) is 6.44. The van der Waals surface area contributed by atoms with E-state index in [0.29, 0.717) is 5.41 Å². The average molecular weight is 478 g/mol. The predicted octanol–water partition coefficient (Wildman–Crippen LogP) is 7.00. The fourth-order valence-electron chi connectivity index (χ4n) is 7.86. The quantitative estimate of drug-likeness (QED) is 0.316. The molecule has 0 aliphatic heterocycles. The first kappa shape index (κ1) is 24.7. The first-order valence-corrected chi connectivity index (χ1v) is 19.8. The maximum atomic E-state index is 6.98. The second-order valence-electron chi connectivity index (χ2n) is 13.5. The Balaban J connectivity index is 1.64. The van der Waals surface area contributed by atoms with Gasteiger partial charge in [0.1, 0.15) is 7.11 Å². The third-order valence-electron chi connectivity index (χ3n) is 9.08. The molecule has 4 rings (SSSR count). The Morgan fingerprint density at radius 2 is 1.59 bits per heavy atom. The number of fused-ring (bicyclic) bond motifs is 5. The standard InChI is InChI=1S/C26H47NO3Si2/c1-25-14-12-19(27-28-3)16-18(25)10-11-20-21(25)13-15-26(2)22(20)17-23(29-31(4,5)6)24(26)30-32(7,8)9/h16,20-24H,10-15,17H2,1-9H3/b27-19+. The predicted molar refractivity (Wildman–Crippen MR) is 138 cm³/mol. The van der Waals surface area contributed by atoms with Crippen molar-refractivity contribution < 1.29 is 13.7 Å². The third-order valence-corrected chi connectivity index (χ3v) is 11.1. The van der Waals surface area contributed by atoms with E-state index in [-0.39, 0.29) is 17.6 Å². The summed E-state index contributed by atoms with van der Waals surface area (Å²) in [6, 6.07) is 0. The summed E-state index contributed by atoms with van der Waals surface area (Å²) in [4.78, 5) is 5.10. The van der Waals surface area contributed by atoms with Crippen LogP contribution in [0.1, 0.15) is 58.8 Å². The highest BCUT2D eigenvalue weighted by molar-refractivity contribution is 6.70. The average Bonchev–Trinajstić information content (AvgIpc) is 2.91.